The van der Waals surface area contributed by atoms with Crippen LogP contribution < -0.4 is 5.30 Å². The third kappa shape index (κ3) is 6.45. The summed E-state index contributed by atoms with van der Waals surface area (Å²) in [5, 5.41) is 0.769. The van der Waals surface area contributed by atoms with Gasteiger partial charge in [0, 0.05) is 6.04 Å². The quantitative estimate of drug-likeness (QED) is 0.665. The van der Waals surface area contributed by atoms with Crippen molar-refractivity contribution in [3.05, 3.63) is 23.8 Å². The summed E-state index contributed by atoms with van der Waals surface area (Å²) in [7, 11) is 2.50. The maximum Gasteiger partial charge on any atom is 0.294 e. The zero-order valence-electron chi connectivity index (χ0n) is 11.5. The van der Waals surface area contributed by atoms with E-state index in [0.717, 1.165) is 10.9 Å². The van der Waals surface area contributed by atoms with Gasteiger partial charge in [-0.05, 0) is 57.9 Å². The molecule has 0 aliphatic rings. The van der Waals surface area contributed by atoms with E-state index in [2.05, 4.69) is 42.1 Å². The topological polar surface area (TPSA) is 57.6 Å². The first kappa shape index (κ1) is 17.5. The van der Waals surface area contributed by atoms with Crippen LogP contribution in [0.1, 0.15) is 19.4 Å². The Morgan fingerprint density at radius 3 is 2.00 bits per heavy atom. The number of nitrogens with zero attached hydrogens (tertiary/aromatic N) is 1. The molecule has 1 rings (SSSR count). The highest BCUT2D eigenvalue weighted by Crippen LogP contribution is 2.09. The Bertz CT molecular complexity index is 478. The molecule has 0 saturated carbocycles. The average Bonchev–Trinajstić information content (AvgIpc) is 2.21. The van der Waals surface area contributed by atoms with Crippen LogP contribution in [0, 0.1) is 6.92 Å². The van der Waals surface area contributed by atoms with Crippen LogP contribution in [0.4, 0.5) is 0 Å². The number of aryl methyl sites for hydroxylation is 1. The Labute approximate surface area is 112 Å². The van der Waals surface area contributed by atoms with E-state index in [0.29, 0.717) is 6.04 Å². The summed E-state index contributed by atoms with van der Waals surface area (Å²) in [6.45, 7) is 6.19. The van der Waals surface area contributed by atoms with Crippen LogP contribution in [-0.2, 0) is 10.1 Å². The van der Waals surface area contributed by atoms with Gasteiger partial charge >= 0.3 is 0 Å². The van der Waals surface area contributed by atoms with Gasteiger partial charge in [-0.1, -0.05) is 6.07 Å². The summed E-state index contributed by atoms with van der Waals surface area (Å²) in [6, 6.07) is 5.11. The monoisotopic (exact) mass is 291 g/mol. The highest BCUT2D eigenvalue weighted by atomic mass is 32.2. The van der Waals surface area contributed by atoms with Gasteiger partial charge in [-0.15, -0.1) is 9.24 Å². The molecule has 0 radical (unpaired) electrons. The van der Waals surface area contributed by atoms with E-state index in [1.807, 2.05) is 6.92 Å². The van der Waals surface area contributed by atoms with Crippen molar-refractivity contribution in [3.63, 3.8) is 0 Å². The van der Waals surface area contributed by atoms with E-state index < -0.39 is 10.1 Å². The lowest BCUT2D eigenvalue weighted by Crippen LogP contribution is -2.20. The third-order valence-corrected chi connectivity index (χ3v) is 4.05. The molecule has 6 heteroatoms. The molecule has 1 aromatic carbocycles. The minimum absolute atomic E-state index is 0.0712. The van der Waals surface area contributed by atoms with Crippen LogP contribution in [0.15, 0.2) is 23.1 Å². The molecule has 0 fully saturated rings. The fraction of sp³-hybridized carbons (Fsp3) is 0.500. The molecule has 0 bridgehead atoms. The maximum atomic E-state index is 10.6. The number of rotatable bonds is 2. The molecular weight excluding hydrogens is 269 g/mol. The van der Waals surface area contributed by atoms with E-state index in [9.17, 15) is 8.42 Å². The Hall–Kier alpha value is -0.480. The van der Waals surface area contributed by atoms with Crippen LogP contribution >= 0.6 is 9.24 Å². The van der Waals surface area contributed by atoms with Crippen molar-refractivity contribution in [1.82, 2.24) is 4.90 Å². The predicted molar refractivity (Wildman–Crippen MR) is 79.2 cm³/mol. The molecule has 104 valence electrons. The van der Waals surface area contributed by atoms with Gasteiger partial charge in [0.15, 0.2) is 0 Å². The van der Waals surface area contributed by atoms with E-state index in [1.165, 1.54) is 12.1 Å². The van der Waals surface area contributed by atoms with Crippen molar-refractivity contribution in [2.45, 2.75) is 31.7 Å². The summed E-state index contributed by atoms with van der Waals surface area (Å²) in [5.41, 5.74) is 0.965. The molecule has 0 aromatic heterocycles. The molecular formula is C12H22NO3PS. The lowest BCUT2D eigenvalue weighted by atomic mass is 10.2. The van der Waals surface area contributed by atoms with Crippen LogP contribution in [-0.4, -0.2) is 38.0 Å². The number of hydrogen-bond acceptors (Lipinski definition) is 3. The van der Waals surface area contributed by atoms with Crippen molar-refractivity contribution in [1.29, 1.82) is 0 Å². The van der Waals surface area contributed by atoms with Gasteiger partial charge in [-0.25, -0.2) is 0 Å². The van der Waals surface area contributed by atoms with Gasteiger partial charge < -0.3 is 4.90 Å². The van der Waals surface area contributed by atoms with Gasteiger partial charge in [0.2, 0.25) is 0 Å². The smallest absolute Gasteiger partial charge is 0.294 e. The number of benzene rings is 1. The SMILES string of the molecule is CC(C)N(C)C.Cc1ccc(S(=O)(=O)O)cc1P. The van der Waals surface area contributed by atoms with Gasteiger partial charge in [0.1, 0.15) is 0 Å². The average molecular weight is 291 g/mol. The summed E-state index contributed by atoms with van der Waals surface area (Å²) < 4.78 is 30.0. The second-order valence-electron chi connectivity index (χ2n) is 4.55. The van der Waals surface area contributed by atoms with Crippen LogP contribution in [0.2, 0.25) is 0 Å². The second kappa shape index (κ2) is 7.19. The highest BCUT2D eigenvalue weighted by Gasteiger charge is 2.09. The van der Waals surface area contributed by atoms with Gasteiger partial charge in [-0.3, -0.25) is 4.55 Å². The standard InChI is InChI=1S/C7H9O3PS.C5H13N/c1-5-2-3-6(4-7(5)11)12(8,9)10;1-5(2)6(3)4/h2-4H,11H2,1H3,(H,8,9,10);5H,1-4H3. The molecule has 1 atom stereocenters. The Morgan fingerprint density at radius 2 is 1.72 bits per heavy atom. The van der Waals surface area contributed by atoms with Gasteiger partial charge in [0.05, 0.1) is 4.90 Å². The molecule has 0 saturated heterocycles. The molecule has 1 unspecified atom stereocenters. The first-order valence-corrected chi connectivity index (χ1v) is 7.57. The Balaban J connectivity index is 0.000000411. The zero-order chi connectivity index (χ0) is 14.5. The van der Waals surface area contributed by atoms with E-state index in [1.54, 1.807) is 6.07 Å². The highest BCUT2D eigenvalue weighted by molar-refractivity contribution is 7.85. The predicted octanol–water partition coefficient (Wildman–Crippen LogP) is 1.70. The van der Waals surface area contributed by atoms with Crippen molar-refractivity contribution < 1.29 is 13.0 Å². The molecule has 0 heterocycles. The third-order valence-electron chi connectivity index (χ3n) is 2.58. The van der Waals surface area contributed by atoms with Gasteiger partial charge in [-0.2, -0.15) is 8.42 Å². The molecule has 1 aromatic rings. The first-order valence-electron chi connectivity index (χ1n) is 5.55. The maximum absolute atomic E-state index is 10.6. The molecule has 0 aliphatic heterocycles. The van der Waals surface area contributed by atoms with Gasteiger partial charge in [0.25, 0.3) is 10.1 Å². The molecule has 1 N–H and O–H groups in total. The largest absolute Gasteiger partial charge is 0.307 e. The van der Waals surface area contributed by atoms with Crippen LogP contribution in [0.25, 0.3) is 0 Å². The minimum atomic E-state index is -4.06. The molecule has 0 spiro atoms. The van der Waals surface area contributed by atoms with E-state index in [-0.39, 0.29) is 4.90 Å². The molecule has 0 amide bonds. The summed E-state index contributed by atoms with van der Waals surface area (Å²) in [5.74, 6) is 0. The molecule has 4 nitrogen and oxygen atoms in total. The minimum Gasteiger partial charge on any atom is -0.307 e. The fourth-order valence-electron chi connectivity index (χ4n) is 0.779. The van der Waals surface area contributed by atoms with Crippen molar-refractivity contribution >= 4 is 24.7 Å². The first-order chi connectivity index (χ1) is 8.05. The van der Waals surface area contributed by atoms with E-state index >= 15 is 0 Å². The van der Waals surface area contributed by atoms with Crippen molar-refractivity contribution in [2.24, 2.45) is 0 Å². The lowest BCUT2D eigenvalue weighted by Gasteiger charge is -2.12. The second-order valence-corrected chi connectivity index (χ2v) is 6.59. The summed E-state index contributed by atoms with van der Waals surface area (Å²) in [6.07, 6.45) is 0. The fourth-order valence-corrected chi connectivity index (χ4v) is 1.69. The molecule has 18 heavy (non-hydrogen) atoms. The zero-order valence-corrected chi connectivity index (χ0v) is 13.5. The van der Waals surface area contributed by atoms with Crippen LogP contribution in [0.5, 0.6) is 0 Å². The lowest BCUT2D eigenvalue weighted by molar-refractivity contribution is 0.335. The normalized spacial score (nSPS) is 11.4. The Morgan fingerprint density at radius 1 is 1.28 bits per heavy atom. The van der Waals surface area contributed by atoms with Crippen LogP contribution in [0.3, 0.4) is 0 Å². The Kier molecular flexibility index (Phi) is 7.00. The van der Waals surface area contributed by atoms with E-state index in [4.69, 9.17) is 4.55 Å². The summed E-state index contributed by atoms with van der Waals surface area (Å²) >= 11 is 0. The summed E-state index contributed by atoms with van der Waals surface area (Å²) in [4.78, 5) is 2.10. The van der Waals surface area contributed by atoms with Crippen molar-refractivity contribution in [2.75, 3.05) is 14.1 Å². The molecule has 0 aliphatic carbocycles. The number of hydrogen-bond donors (Lipinski definition) is 1. The van der Waals surface area contributed by atoms with Crippen molar-refractivity contribution in [3.8, 4) is 0 Å².